The van der Waals surface area contributed by atoms with E-state index in [0.717, 1.165) is 16.4 Å². The molecule has 0 atom stereocenters. The fourth-order valence-electron chi connectivity index (χ4n) is 3.07. The van der Waals surface area contributed by atoms with Gasteiger partial charge in [0.15, 0.2) is 0 Å². The molecule has 138 valence electrons. The second-order valence-electron chi connectivity index (χ2n) is 5.89. The number of fused-ring (bicyclic) bond motifs is 1. The second kappa shape index (κ2) is 6.69. The normalized spacial score (nSPS) is 11.9. The fourth-order valence-corrected chi connectivity index (χ4v) is 4.98. The van der Waals surface area contributed by atoms with Crippen molar-refractivity contribution in [1.82, 2.24) is 4.57 Å². The summed E-state index contributed by atoms with van der Waals surface area (Å²) in [6.45, 7) is 0.790. The summed E-state index contributed by atoms with van der Waals surface area (Å²) >= 11 is 0. The number of halogens is 2. The van der Waals surface area contributed by atoms with Gasteiger partial charge in [-0.05, 0) is 25.1 Å². The number of anilines is 1. The number of aryl methyl sites for hydroxylation is 1. The van der Waals surface area contributed by atoms with E-state index >= 15 is 0 Å². The van der Waals surface area contributed by atoms with Crippen molar-refractivity contribution >= 4 is 26.6 Å². The van der Waals surface area contributed by atoms with Crippen molar-refractivity contribution in [2.75, 3.05) is 17.5 Å². The van der Waals surface area contributed by atoms with E-state index in [-0.39, 0.29) is 17.1 Å². The Hall–Kier alpha value is -2.45. The molecule has 1 N–H and O–H groups in total. The summed E-state index contributed by atoms with van der Waals surface area (Å²) in [7, 11) is -2.46. The van der Waals surface area contributed by atoms with Gasteiger partial charge >= 0.3 is 0 Å². The Labute approximate surface area is 150 Å². The van der Waals surface area contributed by atoms with Crippen LogP contribution in [0.1, 0.15) is 5.69 Å². The Morgan fingerprint density at radius 2 is 1.85 bits per heavy atom. The van der Waals surface area contributed by atoms with Crippen LogP contribution in [0.15, 0.2) is 47.4 Å². The molecule has 0 aliphatic rings. The number of benzene rings is 2. The highest BCUT2D eigenvalue weighted by Gasteiger charge is 2.32. The lowest BCUT2D eigenvalue weighted by atomic mass is 10.2. The SMILES string of the molecule is Cc1c(S(=O)(=O)N(CCO)c2ccc(F)cc2F)c2ccccc2n1C. The lowest BCUT2D eigenvalue weighted by molar-refractivity contribution is 0.306. The average Bonchev–Trinajstić information content (AvgIpc) is 2.85. The first-order chi connectivity index (χ1) is 12.3. The largest absolute Gasteiger partial charge is 0.394 e. The topological polar surface area (TPSA) is 62.5 Å². The van der Waals surface area contributed by atoms with Crippen LogP contribution in [0, 0.1) is 18.6 Å². The van der Waals surface area contributed by atoms with Gasteiger partial charge in [0, 0.05) is 29.7 Å². The van der Waals surface area contributed by atoms with Crippen LogP contribution in [0.2, 0.25) is 0 Å². The molecule has 0 bridgehead atoms. The Morgan fingerprint density at radius 3 is 2.50 bits per heavy atom. The average molecular weight is 380 g/mol. The van der Waals surface area contributed by atoms with Crippen molar-refractivity contribution in [2.24, 2.45) is 7.05 Å². The van der Waals surface area contributed by atoms with Crippen LogP contribution >= 0.6 is 0 Å². The zero-order valence-corrected chi connectivity index (χ0v) is 15.1. The minimum atomic E-state index is -4.20. The third kappa shape index (κ3) is 2.85. The van der Waals surface area contributed by atoms with Gasteiger partial charge in [-0.1, -0.05) is 18.2 Å². The molecule has 0 aliphatic heterocycles. The summed E-state index contributed by atoms with van der Waals surface area (Å²) in [5.74, 6) is -1.83. The van der Waals surface area contributed by atoms with E-state index in [9.17, 15) is 22.3 Å². The van der Waals surface area contributed by atoms with Gasteiger partial charge in [-0.15, -0.1) is 0 Å². The fraction of sp³-hybridized carbons (Fsp3) is 0.222. The van der Waals surface area contributed by atoms with Crippen molar-refractivity contribution in [3.63, 3.8) is 0 Å². The molecule has 0 saturated heterocycles. The highest BCUT2D eigenvalue weighted by atomic mass is 32.2. The van der Waals surface area contributed by atoms with Crippen LogP contribution in [0.5, 0.6) is 0 Å². The molecule has 0 saturated carbocycles. The standard InChI is InChI=1S/C18H18F2N2O3S/c1-12-18(14-5-3-4-6-16(14)21(12)2)26(24,25)22(9-10-23)17-8-7-13(19)11-15(17)20/h3-8,11,23H,9-10H2,1-2H3. The Kier molecular flexibility index (Phi) is 4.72. The number of aliphatic hydroxyl groups excluding tert-OH is 1. The van der Waals surface area contributed by atoms with Crippen LogP contribution in [-0.2, 0) is 17.1 Å². The zero-order chi connectivity index (χ0) is 19.1. The number of hydrogen-bond donors (Lipinski definition) is 1. The van der Waals surface area contributed by atoms with Crippen LogP contribution in [-0.4, -0.2) is 31.2 Å². The molecule has 5 nitrogen and oxygen atoms in total. The van der Waals surface area contributed by atoms with E-state index in [1.165, 1.54) is 0 Å². The summed E-state index contributed by atoms with van der Waals surface area (Å²) in [5.41, 5.74) is 0.886. The van der Waals surface area contributed by atoms with E-state index < -0.39 is 28.3 Å². The number of aromatic nitrogens is 1. The molecule has 1 aromatic heterocycles. The molecule has 1 heterocycles. The van der Waals surface area contributed by atoms with Gasteiger partial charge in [0.2, 0.25) is 0 Å². The molecule has 0 radical (unpaired) electrons. The molecule has 2 aromatic carbocycles. The second-order valence-corrected chi connectivity index (χ2v) is 7.69. The summed E-state index contributed by atoms with van der Waals surface area (Å²) in [4.78, 5) is 0.0350. The maximum atomic E-state index is 14.3. The molecular weight excluding hydrogens is 362 g/mol. The van der Waals surface area contributed by atoms with Crippen molar-refractivity contribution < 1.29 is 22.3 Å². The van der Waals surface area contributed by atoms with E-state index in [0.29, 0.717) is 22.7 Å². The van der Waals surface area contributed by atoms with E-state index in [2.05, 4.69) is 0 Å². The molecule has 3 rings (SSSR count). The predicted molar refractivity (Wildman–Crippen MR) is 95.6 cm³/mol. The number of para-hydroxylation sites is 1. The van der Waals surface area contributed by atoms with Gasteiger partial charge < -0.3 is 9.67 Å². The molecule has 0 aliphatic carbocycles. The van der Waals surface area contributed by atoms with E-state index in [1.807, 2.05) is 0 Å². The van der Waals surface area contributed by atoms with Crippen LogP contribution < -0.4 is 4.31 Å². The van der Waals surface area contributed by atoms with Gasteiger partial charge in [0.1, 0.15) is 16.5 Å². The zero-order valence-electron chi connectivity index (χ0n) is 14.3. The molecular formula is C18H18F2N2O3S. The number of aliphatic hydroxyl groups is 1. The lowest BCUT2D eigenvalue weighted by Crippen LogP contribution is -2.34. The summed E-state index contributed by atoms with van der Waals surface area (Å²) in [6.07, 6.45) is 0. The van der Waals surface area contributed by atoms with Crippen molar-refractivity contribution in [1.29, 1.82) is 0 Å². The third-order valence-electron chi connectivity index (χ3n) is 4.37. The first-order valence-corrected chi connectivity index (χ1v) is 9.35. The van der Waals surface area contributed by atoms with Gasteiger partial charge in [-0.2, -0.15) is 0 Å². The molecule has 0 spiro atoms. The number of sulfonamides is 1. The van der Waals surface area contributed by atoms with Gasteiger partial charge in [0.05, 0.1) is 18.8 Å². The highest BCUT2D eigenvalue weighted by Crippen LogP contribution is 2.34. The molecule has 0 unspecified atom stereocenters. The van der Waals surface area contributed by atoms with Crippen molar-refractivity contribution in [2.45, 2.75) is 11.8 Å². The molecule has 3 aromatic rings. The third-order valence-corrected chi connectivity index (χ3v) is 6.36. The smallest absolute Gasteiger partial charge is 0.266 e. The maximum Gasteiger partial charge on any atom is 0.266 e. The summed E-state index contributed by atoms with van der Waals surface area (Å²) < 4.78 is 56.7. The Balaban J connectivity index is 2.27. The van der Waals surface area contributed by atoms with Gasteiger partial charge in [-0.3, -0.25) is 4.31 Å². The first-order valence-electron chi connectivity index (χ1n) is 7.91. The van der Waals surface area contributed by atoms with Crippen LogP contribution in [0.25, 0.3) is 10.9 Å². The molecule has 0 amide bonds. The van der Waals surface area contributed by atoms with E-state index in [1.54, 1.807) is 42.8 Å². The minimum Gasteiger partial charge on any atom is -0.394 e. The minimum absolute atomic E-state index is 0.0350. The maximum absolute atomic E-state index is 14.3. The lowest BCUT2D eigenvalue weighted by Gasteiger charge is -2.24. The quantitative estimate of drug-likeness (QED) is 0.740. The molecule has 26 heavy (non-hydrogen) atoms. The van der Waals surface area contributed by atoms with Crippen LogP contribution in [0.3, 0.4) is 0 Å². The highest BCUT2D eigenvalue weighted by molar-refractivity contribution is 7.93. The Bertz CT molecular complexity index is 1080. The van der Waals surface area contributed by atoms with Gasteiger partial charge in [0.25, 0.3) is 10.0 Å². The van der Waals surface area contributed by atoms with Crippen molar-refractivity contribution in [3.8, 4) is 0 Å². The summed E-state index contributed by atoms with van der Waals surface area (Å²) in [6, 6.07) is 9.63. The predicted octanol–water partition coefficient (Wildman–Crippen LogP) is 2.95. The van der Waals surface area contributed by atoms with Crippen LogP contribution in [0.4, 0.5) is 14.5 Å². The Morgan fingerprint density at radius 1 is 1.15 bits per heavy atom. The first kappa shape index (κ1) is 18.3. The molecule has 0 fully saturated rings. The number of rotatable bonds is 5. The molecule has 8 heteroatoms. The number of nitrogens with zero attached hydrogens (tertiary/aromatic N) is 2. The number of hydrogen-bond acceptors (Lipinski definition) is 3. The van der Waals surface area contributed by atoms with Gasteiger partial charge in [-0.25, -0.2) is 17.2 Å². The van der Waals surface area contributed by atoms with Crippen molar-refractivity contribution in [3.05, 3.63) is 59.8 Å². The van der Waals surface area contributed by atoms with E-state index in [4.69, 9.17) is 0 Å². The summed E-state index contributed by atoms with van der Waals surface area (Å²) in [5, 5.41) is 9.83. The monoisotopic (exact) mass is 380 g/mol.